The molecule has 0 spiro atoms. The number of carbonyl (C=O) groups is 1. The summed E-state index contributed by atoms with van der Waals surface area (Å²) >= 11 is 4.80. The van der Waals surface area contributed by atoms with Crippen molar-refractivity contribution in [2.75, 3.05) is 11.9 Å². The Kier molecular flexibility index (Phi) is 5.69. The highest BCUT2D eigenvalue weighted by molar-refractivity contribution is 9.10. The van der Waals surface area contributed by atoms with Crippen LogP contribution in [0.3, 0.4) is 0 Å². The fourth-order valence-electron chi connectivity index (χ4n) is 1.71. The lowest BCUT2D eigenvalue weighted by Crippen LogP contribution is -2.20. The van der Waals surface area contributed by atoms with E-state index in [0.29, 0.717) is 5.13 Å². The molecule has 1 aromatic heterocycles. The van der Waals surface area contributed by atoms with E-state index in [9.17, 15) is 4.79 Å². The van der Waals surface area contributed by atoms with Crippen molar-refractivity contribution >= 4 is 38.3 Å². The third-order valence-corrected chi connectivity index (χ3v) is 4.25. The summed E-state index contributed by atoms with van der Waals surface area (Å²) in [5.41, 5.74) is 1.06. The molecule has 112 valence electrons. The molecule has 0 atom stereocenters. The molecule has 0 saturated heterocycles. The number of rotatable bonds is 6. The predicted molar refractivity (Wildman–Crippen MR) is 86.9 cm³/mol. The number of halogens is 1. The average Bonchev–Trinajstić information content (AvgIpc) is 2.93. The van der Waals surface area contributed by atoms with Crippen LogP contribution in [0.25, 0.3) is 0 Å². The van der Waals surface area contributed by atoms with Crippen molar-refractivity contribution in [3.8, 4) is 5.75 Å². The second-order valence-corrected chi connectivity index (χ2v) is 6.27. The van der Waals surface area contributed by atoms with Crippen molar-refractivity contribution in [2.45, 2.75) is 26.7 Å². The van der Waals surface area contributed by atoms with E-state index >= 15 is 0 Å². The molecule has 0 aliphatic rings. The van der Waals surface area contributed by atoms with Gasteiger partial charge in [-0.1, -0.05) is 41.1 Å². The van der Waals surface area contributed by atoms with Gasteiger partial charge >= 0.3 is 0 Å². The second-order valence-electron chi connectivity index (χ2n) is 4.30. The number of hydrogen-bond acceptors (Lipinski definition) is 5. The normalized spacial score (nSPS) is 10.4. The third kappa shape index (κ3) is 4.50. The highest BCUT2D eigenvalue weighted by Crippen LogP contribution is 2.23. The van der Waals surface area contributed by atoms with Crippen LogP contribution in [0.1, 0.15) is 24.4 Å². The van der Waals surface area contributed by atoms with Crippen molar-refractivity contribution in [2.24, 2.45) is 0 Å². The summed E-state index contributed by atoms with van der Waals surface area (Å²) in [5.74, 6) is 0.487. The van der Waals surface area contributed by atoms with Crippen LogP contribution in [-0.2, 0) is 17.6 Å². The van der Waals surface area contributed by atoms with Crippen LogP contribution in [0.15, 0.2) is 22.7 Å². The first-order chi connectivity index (χ1) is 10.1. The van der Waals surface area contributed by atoms with E-state index in [0.717, 1.165) is 33.6 Å². The first-order valence-corrected chi connectivity index (χ1v) is 8.26. The zero-order valence-electron chi connectivity index (χ0n) is 11.9. The van der Waals surface area contributed by atoms with Gasteiger partial charge in [-0.05, 0) is 36.6 Å². The van der Waals surface area contributed by atoms with Gasteiger partial charge in [0, 0.05) is 4.47 Å². The van der Waals surface area contributed by atoms with Crippen LogP contribution in [0, 0.1) is 0 Å². The van der Waals surface area contributed by atoms with Crippen molar-refractivity contribution in [3.05, 3.63) is 33.2 Å². The molecule has 0 bridgehead atoms. The van der Waals surface area contributed by atoms with Gasteiger partial charge in [-0.25, -0.2) is 0 Å². The second kappa shape index (κ2) is 7.51. The smallest absolute Gasteiger partial charge is 0.264 e. The first kappa shape index (κ1) is 15.9. The van der Waals surface area contributed by atoms with Crippen LogP contribution in [-0.4, -0.2) is 22.7 Å². The minimum atomic E-state index is -0.237. The molecule has 1 heterocycles. The molecule has 1 N–H and O–H groups in total. The fraction of sp³-hybridized carbons (Fsp3) is 0.357. The molecule has 1 amide bonds. The minimum Gasteiger partial charge on any atom is -0.483 e. The molecule has 2 aromatic rings. The van der Waals surface area contributed by atoms with Gasteiger partial charge in [0.15, 0.2) is 6.61 Å². The molecule has 5 nitrogen and oxygen atoms in total. The number of anilines is 1. The molecule has 0 aliphatic heterocycles. The van der Waals surface area contributed by atoms with Crippen molar-refractivity contribution in [3.63, 3.8) is 0 Å². The van der Waals surface area contributed by atoms with Gasteiger partial charge in [0.25, 0.3) is 5.91 Å². The SMILES string of the molecule is CCc1nnc(NC(=O)COc2ccc(Br)cc2CC)s1. The Morgan fingerprint density at radius 2 is 2.14 bits per heavy atom. The number of aryl methyl sites for hydroxylation is 2. The third-order valence-electron chi connectivity index (χ3n) is 2.78. The summed E-state index contributed by atoms with van der Waals surface area (Å²) in [6.45, 7) is 3.99. The molecule has 0 fully saturated rings. The zero-order valence-corrected chi connectivity index (χ0v) is 14.3. The Bertz CT molecular complexity index is 630. The molecule has 0 aliphatic carbocycles. The van der Waals surface area contributed by atoms with Gasteiger partial charge in [-0.2, -0.15) is 0 Å². The van der Waals surface area contributed by atoms with Gasteiger partial charge in [0.05, 0.1) is 0 Å². The van der Waals surface area contributed by atoms with Crippen molar-refractivity contribution in [1.29, 1.82) is 0 Å². The van der Waals surface area contributed by atoms with Gasteiger partial charge in [0.1, 0.15) is 10.8 Å². The number of hydrogen-bond donors (Lipinski definition) is 1. The standard InChI is InChI=1S/C14H16BrN3O2S/c1-3-9-7-10(15)5-6-11(9)20-8-12(19)16-14-18-17-13(4-2)21-14/h5-7H,3-4,8H2,1-2H3,(H,16,18,19). The molecular formula is C14H16BrN3O2S. The maximum absolute atomic E-state index is 11.8. The van der Waals surface area contributed by atoms with Gasteiger partial charge < -0.3 is 4.74 Å². The highest BCUT2D eigenvalue weighted by atomic mass is 79.9. The lowest BCUT2D eigenvalue weighted by molar-refractivity contribution is -0.118. The summed E-state index contributed by atoms with van der Waals surface area (Å²) in [7, 11) is 0. The molecule has 1 aromatic carbocycles. The Balaban J connectivity index is 1.92. The van der Waals surface area contributed by atoms with E-state index in [4.69, 9.17) is 4.74 Å². The number of benzene rings is 1. The number of aromatic nitrogens is 2. The van der Waals surface area contributed by atoms with Crippen LogP contribution in [0.5, 0.6) is 5.75 Å². The minimum absolute atomic E-state index is 0.0460. The summed E-state index contributed by atoms with van der Waals surface area (Å²) in [5, 5.41) is 11.9. The maximum atomic E-state index is 11.8. The van der Waals surface area contributed by atoms with Gasteiger partial charge in [-0.3, -0.25) is 10.1 Å². The van der Waals surface area contributed by atoms with E-state index in [1.807, 2.05) is 32.0 Å². The number of carbonyl (C=O) groups excluding carboxylic acids is 1. The highest BCUT2D eigenvalue weighted by Gasteiger charge is 2.09. The molecule has 0 radical (unpaired) electrons. The first-order valence-electron chi connectivity index (χ1n) is 6.65. The summed E-state index contributed by atoms with van der Waals surface area (Å²) < 4.78 is 6.57. The summed E-state index contributed by atoms with van der Waals surface area (Å²) in [4.78, 5) is 11.8. The quantitative estimate of drug-likeness (QED) is 0.846. The van der Waals surface area contributed by atoms with Gasteiger partial charge in [0.2, 0.25) is 5.13 Å². The maximum Gasteiger partial charge on any atom is 0.264 e. The van der Waals surface area contributed by atoms with Crippen molar-refractivity contribution in [1.82, 2.24) is 10.2 Å². The van der Waals surface area contributed by atoms with E-state index in [2.05, 4.69) is 31.4 Å². The van der Waals surface area contributed by atoms with E-state index in [-0.39, 0.29) is 12.5 Å². The zero-order chi connectivity index (χ0) is 15.2. The molecule has 0 unspecified atom stereocenters. The topological polar surface area (TPSA) is 64.1 Å². The van der Waals surface area contributed by atoms with Crippen LogP contribution < -0.4 is 10.1 Å². The van der Waals surface area contributed by atoms with E-state index in [1.54, 1.807) is 0 Å². The molecular weight excluding hydrogens is 354 g/mol. The number of nitrogens with zero attached hydrogens (tertiary/aromatic N) is 2. The number of amides is 1. The monoisotopic (exact) mass is 369 g/mol. The fourth-order valence-corrected chi connectivity index (χ4v) is 2.81. The Hall–Kier alpha value is -1.47. The van der Waals surface area contributed by atoms with Crippen LogP contribution in [0.4, 0.5) is 5.13 Å². The average molecular weight is 370 g/mol. The summed E-state index contributed by atoms with van der Waals surface area (Å²) in [6, 6.07) is 5.74. The van der Waals surface area contributed by atoms with E-state index in [1.165, 1.54) is 11.3 Å². The van der Waals surface area contributed by atoms with E-state index < -0.39 is 0 Å². The van der Waals surface area contributed by atoms with Crippen LogP contribution >= 0.6 is 27.3 Å². The lowest BCUT2D eigenvalue weighted by Gasteiger charge is -2.10. The summed E-state index contributed by atoms with van der Waals surface area (Å²) in [6.07, 6.45) is 1.65. The van der Waals surface area contributed by atoms with Crippen LogP contribution in [0.2, 0.25) is 0 Å². The van der Waals surface area contributed by atoms with Gasteiger partial charge in [-0.15, -0.1) is 10.2 Å². The number of ether oxygens (including phenoxy) is 1. The van der Waals surface area contributed by atoms with Crippen molar-refractivity contribution < 1.29 is 9.53 Å². The Labute approximate surface area is 135 Å². The molecule has 0 saturated carbocycles. The molecule has 2 rings (SSSR count). The lowest BCUT2D eigenvalue weighted by atomic mass is 10.1. The Morgan fingerprint density at radius 1 is 1.33 bits per heavy atom. The molecule has 21 heavy (non-hydrogen) atoms. The number of nitrogens with one attached hydrogen (secondary N) is 1. The molecule has 7 heteroatoms. The predicted octanol–water partition coefficient (Wildman–Crippen LogP) is 3.44. The largest absolute Gasteiger partial charge is 0.483 e. The Morgan fingerprint density at radius 3 is 2.81 bits per heavy atom.